The van der Waals surface area contributed by atoms with Crippen LogP contribution < -0.4 is 0 Å². The molecule has 0 saturated carbocycles. The van der Waals surface area contributed by atoms with Crippen LogP contribution in [0.5, 0.6) is 0 Å². The summed E-state index contributed by atoms with van der Waals surface area (Å²) in [6.07, 6.45) is -2.41. The molecule has 35 heavy (non-hydrogen) atoms. The highest BCUT2D eigenvalue weighted by molar-refractivity contribution is 7.89. The summed E-state index contributed by atoms with van der Waals surface area (Å²) in [5, 5.41) is 0. The molecule has 0 spiro atoms. The van der Waals surface area contributed by atoms with E-state index in [0.717, 1.165) is 47.2 Å². The number of esters is 1. The topological polar surface area (TPSA) is 102 Å². The standard InChI is InChI=1S/C22H20F4N4O4S/c1-14(2)30(35(32,33)18-6-4-16(23)5-7-18)11-21(31)34-12-17-9-19(29-13-28-17)15-3-8-20(27-10-15)22(24,25)26/h3-10,13-14H,11-12H2,1-2H3. The number of alkyl halides is 3. The van der Waals surface area contributed by atoms with Gasteiger partial charge in [-0.1, -0.05) is 0 Å². The molecule has 0 atom stereocenters. The Balaban J connectivity index is 1.68. The Morgan fingerprint density at radius 2 is 1.74 bits per heavy atom. The molecule has 0 unspecified atom stereocenters. The van der Waals surface area contributed by atoms with E-state index in [9.17, 15) is 30.8 Å². The summed E-state index contributed by atoms with van der Waals surface area (Å²) in [5.74, 6) is -1.46. The number of rotatable bonds is 8. The molecule has 0 amide bonds. The maximum atomic E-state index is 13.2. The van der Waals surface area contributed by atoms with E-state index in [2.05, 4.69) is 15.0 Å². The molecule has 0 bridgehead atoms. The summed E-state index contributed by atoms with van der Waals surface area (Å²) in [7, 11) is -4.10. The van der Waals surface area contributed by atoms with Gasteiger partial charge < -0.3 is 4.74 Å². The molecule has 0 aliphatic rings. The van der Waals surface area contributed by atoms with E-state index >= 15 is 0 Å². The molecule has 13 heteroatoms. The summed E-state index contributed by atoms with van der Waals surface area (Å²) in [4.78, 5) is 23.5. The first-order valence-electron chi connectivity index (χ1n) is 10.2. The Morgan fingerprint density at radius 1 is 1.06 bits per heavy atom. The van der Waals surface area contributed by atoms with Crippen LogP contribution in [0.15, 0.2) is 59.9 Å². The van der Waals surface area contributed by atoms with Gasteiger partial charge in [-0.15, -0.1) is 0 Å². The highest BCUT2D eigenvalue weighted by Crippen LogP contribution is 2.28. The van der Waals surface area contributed by atoms with Crippen molar-refractivity contribution < 1.29 is 35.5 Å². The minimum atomic E-state index is -4.57. The molecule has 8 nitrogen and oxygen atoms in total. The van der Waals surface area contributed by atoms with E-state index in [-0.39, 0.29) is 22.9 Å². The minimum absolute atomic E-state index is 0.175. The Hall–Kier alpha value is -3.45. The number of halogens is 4. The fraction of sp³-hybridized carbons (Fsp3) is 0.273. The van der Waals surface area contributed by atoms with Crippen molar-refractivity contribution in [2.75, 3.05) is 6.54 Å². The van der Waals surface area contributed by atoms with Gasteiger partial charge in [0, 0.05) is 17.8 Å². The SMILES string of the molecule is CC(C)N(CC(=O)OCc1cc(-c2ccc(C(F)(F)F)nc2)ncn1)S(=O)(=O)c1ccc(F)cc1. The molecule has 2 heterocycles. The lowest BCUT2D eigenvalue weighted by molar-refractivity contribution is -0.145. The zero-order chi connectivity index (χ0) is 25.8. The summed E-state index contributed by atoms with van der Waals surface area (Å²) >= 11 is 0. The molecule has 2 aromatic heterocycles. The van der Waals surface area contributed by atoms with Crippen LogP contribution in [0.3, 0.4) is 0 Å². The first kappa shape index (κ1) is 26.2. The minimum Gasteiger partial charge on any atom is -0.458 e. The van der Waals surface area contributed by atoms with Crippen molar-refractivity contribution in [2.45, 2.75) is 37.6 Å². The Labute approximate surface area is 198 Å². The van der Waals surface area contributed by atoms with Crippen LogP contribution in [0.2, 0.25) is 0 Å². The van der Waals surface area contributed by atoms with Gasteiger partial charge in [0.25, 0.3) is 0 Å². The van der Waals surface area contributed by atoms with Gasteiger partial charge >= 0.3 is 12.1 Å². The van der Waals surface area contributed by atoms with Crippen molar-refractivity contribution in [3.63, 3.8) is 0 Å². The zero-order valence-corrected chi connectivity index (χ0v) is 19.3. The number of ether oxygens (including phenoxy) is 1. The van der Waals surface area contributed by atoms with Crippen molar-refractivity contribution in [1.29, 1.82) is 0 Å². The highest BCUT2D eigenvalue weighted by atomic mass is 32.2. The molecule has 0 N–H and O–H groups in total. The zero-order valence-electron chi connectivity index (χ0n) is 18.5. The summed E-state index contributed by atoms with van der Waals surface area (Å²) in [6.45, 7) is 2.22. The van der Waals surface area contributed by atoms with Crippen LogP contribution in [0.25, 0.3) is 11.3 Å². The third-order valence-corrected chi connectivity index (χ3v) is 6.77. The molecule has 1 aromatic carbocycles. The number of nitrogens with zero attached hydrogens (tertiary/aromatic N) is 4. The maximum absolute atomic E-state index is 13.2. The lowest BCUT2D eigenvalue weighted by Crippen LogP contribution is -2.41. The Bertz CT molecular complexity index is 1280. The number of aromatic nitrogens is 3. The second kappa shape index (κ2) is 10.4. The van der Waals surface area contributed by atoms with E-state index in [1.165, 1.54) is 12.1 Å². The Morgan fingerprint density at radius 3 is 2.31 bits per heavy atom. The fourth-order valence-corrected chi connectivity index (χ4v) is 4.54. The van der Waals surface area contributed by atoms with Gasteiger partial charge in [0.05, 0.1) is 16.3 Å². The summed E-state index contributed by atoms with van der Waals surface area (Å²) in [5.41, 5.74) is -0.255. The predicted molar refractivity (Wildman–Crippen MR) is 115 cm³/mol. The lowest BCUT2D eigenvalue weighted by Gasteiger charge is -2.25. The van der Waals surface area contributed by atoms with Gasteiger partial charge in [0.15, 0.2) is 0 Å². The van der Waals surface area contributed by atoms with E-state index < -0.39 is 46.3 Å². The number of hydrogen-bond donors (Lipinski definition) is 0. The van der Waals surface area contributed by atoms with Crippen LogP contribution in [0, 0.1) is 5.82 Å². The van der Waals surface area contributed by atoms with E-state index in [0.29, 0.717) is 5.56 Å². The number of hydrogen-bond acceptors (Lipinski definition) is 7. The van der Waals surface area contributed by atoms with Crippen LogP contribution >= 0.6 is 0 Å². The molecule has 3 aromatic rings. The molecule has 0 aliphatic carbocycles. The van der Waals surface area contributed by atoms with E-state index in [4.69, 9.17) is 4.74 Å². The van der Waals surface area contributed by atoms with Gasteiger partial charge in [0.1, 0.15) is 31.0 Å². The quantitative estimate of drug-likeness (QED) is 0.334. The predicted octanol–water partition coefficient (Wildman–Crippen LogP) is 3.84. The van der Waals surface area contributed by atoms with Crippen molar-refractivity contribution in [1.82, 2.24) is 19.3 Å². The second-order valence-corrected chi connectivity index (χ2v) is 9.47. The average molecular weight is 512 g/mol. The van der Waals surface area contributed by atoms with Crippen LogP contribution in [-0.4, -0.2) is 46.2 Å². The van der Waals surface area contributed by atoms with Crippen molar-refractivity contribution in [2.24, 2.45) is 0 Å². The van der Waals surface area contributed by atoms with Crippen molar-refractivity contribution in [3.05, 3.63) is 72.2 Å². The van der Waals surface area contributed by atoms with Crippen LogP contribution in [0.4, 0.5) is 17.6 Å². The monoisotopic (exact) mass is 512 g/mol. The van der Waals surface area contributed by atoms with Crippen molar-refractivity contribution >= 4 is 16.0 Å². The maximum Gasteiger partial charge on any atom is 0.433 e. The second-order valence-electron chi connectivity index (χ2n) is 7.58. The molecule has 3 rings (SSSR count). The van der Waals surface area contributed by atoms with Crippen LogP contribution in [0.1, 0.15) is 25.2 Å². The number of benzene rings is 1. The molecule has 0 fully saturated rings. The third kappa shape index (κ3) is 6.57. The van der Waals surface area contributed by atoms with Gasteiger partial charge in [0.2, 0.25) is 10.0 Å². The number of pyridine rings is 1. The molecule has 186 valence electrons. The first-order chi connectivity index (χ1) is 16.4. The highest BCUT2D eigenvalue weighted by Gasteiger charge is 2.32. The lowest BCUT2D eigenvalue weighted by atomic mass is 10.1. The normalized spacial score (nSPS) is 12.2. The van der Waals surface area contributed by atoms with E-state index in [1.807, 2.05) is 0 Å². The summed E-state index contributed by atoms with van der Waals surface area (Å²) < 4.78 is 83.1. The number of carbonyl (C=O) groups is 1. The Kier molecular flexibility index (Phi) is 7.80. The van der Waals surface area contributed by atoms with Gasteiger partial charge in [-0.05, 0) is 56.3 Å². The summed E-state index contributed by atoms with van der Waals surface area (Å²) in [6, 6.07) is 7.04. The average Bonchev–Trinajstić information content (AvgIpc) is 2.81. The third-order valence-electron chi connectivity index (χ3n) is 4.74. The van der Waals surface area contributed by atoms with Gasteiger partial charge in [-0.25, -0.2) is 22.8 Å². The first-order valence-corrected chi connectivity index (χ1v) is 11.6. The molecule has 0 saturated heterocycles. The van der Waals surface area contributed by atoms with Gasteiger partial charge in [-0.2, -0.15) is 17.5 Å². The molecular formula is C22H20F4N4O4S. The molecule has 0 radical (unpaired) electrons. The van der Waals surface area contributed by atoms with Crippen LogP contribution in [-0.2, 0) is 32.3 Å². The largest absolute Gasteiger partial charge is 0.458 e. The van der Waals surface area contributed by atoms with Gasteiger partial charge in [-0.3, -0.25) is 9.78 Å². The van der Waals surface area contributed by atoms with E-state index in [1.54, 1.807) is 13.8 Å². The molecule has 0 aliphatic heterocycles. The van der Waals surface area contributed by atoms with Crippen molar-refractivity contribution in [3.8, 4) is 11.3 Å². The number of carbonyl (C=O) groups excluding carboxylic acids is 1. The fourth-order valence-electron chi connectivity index (χ4n) is 2.96. The smallest absolute Gasteiger partial charge is 0.433 e. The molecular weight excluding hydrogens is 492 g/mol. The number of sulfonamides is 1.